The average molecular weight is 402 g/mol. The number of nitrogens with one attached hydrogen (secondary N) is 2. The summed E-state index contributed by atoms with van der Waals surface area (Å²) in [5, 5.41) is 4.81. The second-order valence-electron chi connectivity index (χ2n) is 6.25. The Balaban J connectivity index is 1.57. The number of fused-ring (bicyclic) bond motifs is 1. The van der Waals surface area contributed by atoms with E-state index < -0.39 is 10.0 Å². The second-order valence-corrected chi connectivity index (χ2v) is 9.41. The molecule has 0 unspecified atom stereocenters. The molecular weight excluding hydrogens is 382 g/mol. The molecule has 0 spiro atoms. The van der Waals surface area contributed by atoms with Gasteiger partial charge in [0.25, 0.3) is 5.91 Å². The number of hydrogen-bond donors (Lipinski definition) is 2. The van der Waals surface area contributed by atoms with Crippen molar-refractivity contribution in [2.45, 2.75) is 4.90 Å². The molecule has 6 nitrogen and oxygen atoms in total. The minimum atomic E-state index is -3.57. The Morgan fingerprint density at radius 1 is 1.07 bits per heavy atom. The fraction of sp³-hybridized carbons (Fsp3) is 0.211. The van der Waals surface area contributed by atoms with Crippen molar-refractivity contribution in [2.24, 2.45) is 0 Å². The van der Waals surface area contributed by atoms with Gasteiger partial charge in [0.1, 0.15) is 10.6 Å². The maximum absolute atomic E-state index is 12.7. The van der Waals surface area contributed by atoms with Gasteiger partial charge in [-0.2, -0.15) is 16.1 Å². The Morgan fingerprint density at radius 2 is 1.81 bits per heavy atom. The van der Waals surface area contributed by atoms with Gasteiger partial charge in [0.2, 0.25) is 10.0 Å². The molecule has 0 aliphatic carbocycles. The van der Waals surface area contributed by atoms with Crippen LogP contribution in [0.15, 0.2) is 59.6 Å². The fourth-order valence-corrected chi connectivity index (χ4v) is 5.68. The Morgan fingerprint density at radius 3 is 2.63 bits per heavy atom. The van der Waals surface area contributed by atoms with Gasteiger partial charge in [-0.1, -0.05) is 36.4 Å². The highest BCUT2D eigenvalue weighted by molar-refractivity contribution is 7.99. The number of benzene rings is 2. The summed E-state index contributed by atoms with van der Waals surface area (Å²) in [4.78, 5) is 15.5. The lowest BCUT2D eigenvalue weighted by Crippen LogP contribution is -2.37. The van der Waals surface area contributed by atoms with Crippen LogP contribution in [0.2, 0.25) is 0 Å². The first-order valence-electron chi connectivity index (χ1n) is 8.61. The zero-order valence-corrected chi connectivity index (χ0v) is 16.1. The molecule has 3 aromatic rings. The van der Waals surface area contributed by atoms with Crippen molar-refractivity contribution in [3.63, 3.8) is 0 Å². The third-order valence-corrected chi connectivity index (χ3v) is 7.37. The largest absolute Gasteiger partial charge is 0.356 e. The molecule has 1 fully saturated rings. The summed E-state index contributed by atoms with van der Waals surface area (Å²) in [6.07, 6.45) is 1.38. The van der Waals surface area contributed by atoms with Crippen LogP contribution in [0, 0.1) is 0 Å². The van der Waals surface area contributed by atoms with Crippen molar-refractivity contribution in [1.29, 1.82) is 0 Å². The number of carbonyl (C=O) groups excluding carboxylic acids is 1. The molecule has 27 heavy (non-hydrogen) atoms. The summed E-state index contributed by atoms with van der Waals surface area (Å²) >= 11 is 1.74. The number of rotatable bonds is 4. The molecule has 0 saturated carbocycles. The lowest BCUT2D eigenvalue weighted by atomic mass is 10.1. The van der Waals surface area contributed by atoms with Crippen LogP contribution in [0.1, 0.15) is 10.5 Å². The van der Waals surface area contributed by atoms with Crippen LogP contribution < -0.4 is 5.32 Å². The summed E-state index contributed by atoms with van der Waals surface area (Å²) in [5.41, 5.74) is 0.901. The lowest BCUT2D eigenvalue weighted by Gasteiger charge is -2.24. The number of thioether (sulfide) groups is 1. The quantitative estimate of drug-likeness (QED) is 0.704. The smallest absolute Gasteiger partial charge is 0.272 e. The van der Waals surface area contributed by atoms with Crippen molar-refractivity contribution >= 4 is 44.2 Å². The van der Waals surface area contributed by atoms with Gasteiger partial charge < -0.3 is 10.3 Å². The van der Waals surface area contributed by atoms with Crippen molar-refractivity contribution < 1.29 is 13.2 Å². The molecule has 140 valence electrons. The minimum Gasteiger partial charge on any atom is -0.356 e. The van der Waals surface area contributed by atoms with Gasteiger partial charge in [0.15, 0.2) is 0 Å². The molecule has 1 amide bonds. The van der Waals surface area contributed by atoms with Crippen LogP contribution in [-0.2, 0) is 10.0 Å². The molecule has 1 aliphatic heterocycles. The molecule has 1 aromatic heterocycles. The number of sulfonamides is 1. The highest BCUT2D eigenvalue weighted by Gasteiger charge is 2.27. The first-order valence-corrected chi connectivity index (χ1v) is 11.2. The zero-order chi connectivity index (χ0) is 18.9. The second kappa shape index (κ2) is 7.38. The van der Waals surface area contributed by atoms with Crippen LogP contribution in [-0.4, -0.2) is 48.2 Å². The molecule has 0 atom stereocenters. The van der Waals surface area contributed by atoms with E-state index in [1.165, 1.54) is 16.6 Å². The molecule has 0 bridgehead atoms. The summed E-state index contributed by atoms with van der Waals surface area (Å²) < 4.78 is 26.9. The van der Waals surface area contributed by atoms with E-state index in [2.05, 4.69) is 10.3 Å². The average Bonchev–Trinajstić information content (AvgIpc) is 3.20. The Labute approximate surface area is 162 Å². The molecule has 0 radical (unpaired) electrons. The number of aromatic amines is 1. The predicted octanol–water partition coefficient (Wildman–Crippen LogP) is 3.16. The molecule has 1 saturated heterocycles. The SMILES string of the molecule is O=C(Nc1cccc2ccccc12)c1cc(S(=O)(=O)N2CCSCC2)c[nH]1. The van der Waals surface area contributed by atoms with Crippen LogP contribution >= 0.6 is 11.8 Å². The summed E-state index contributed by atoms with van der Waals surface area (Å²) in [6, 6.07) is 14.8. The number of aromatic nitrogens is 1. The highest BCUT2D eigenvalue weighted by atomic mass is 32.2. The van der Waals surface area contributed by atoms with Crippen molar-refractivity contribution in [3.8, 4) is 0 Å². The van der Waals surface area contributed by atoms with Crippen LogP contribution in [0.5, 0.6) is 0 Å². The van der Waals surface area contributed by atoms with Gasteiger partial charge in [-0.25, -0.2) is 8.42 Å². The van der Waals surface area contributed by atoms with Crippen LogP contribution in [0.4, 0.5) is 5.69 Å². The lowest BCUT2D eigenvalue weighted by molar-refractivity contribution is 0.102. The first kappa shape index (κ1) is 18.1. The third kappa shape index (κ3) is 3.60. The van der Waals surface area contributed by atoms with E-state index in [0.717, 1.165) is 22.3 Å². The van der Waals surface area contributed by atoms with Crippen LogP contribution in [0.3, 0.4) is 0 Å². The molecule has 1 aliphatic rings. The monoisotopic (exact) mass is 401 g/mol. The Hall–Kier alpha value is -2.29. The molecule has 4 rings (SSSR count). The number of carbonyl (C=O) groups is 1. The van der Waals surface area contributed by atoms with E-state index in [4.69, 9.17) is 0 Å². The van der Waals surface area contributed by atoms with E-state index in [1.807, 2.05) is 42.5 Å². The molecule has 2 N–H and O–H groups in total. The van der Waals surface area contributed by atoms with Crippen LogP contribution in [0.25, 0.3) is 10.8 Å². The predicted molar refractivity (Wildman–Crippen MR) is 109 cm³/mol. The maximum Gasteiger partial charge on any atom is 0.272 e. The number of H-pyrrole nitrogens is 1. The normalized spacial score (nSPS) is 15.7. The van der Waals surface area contributed by atoms with E-state index in [1.54, 1.807) is 11.8 Å². The highest BCUT2D eigenvalue weighted by Crippen LogP contribution is 2.24. The fourth-order valence-electron chi connectivity index (χ4n) is 3.11. The molecular formula is C19H19N3O3S2. The van der Waals surface area contributed by atoms with Crippen molar-refractivity contribution in [2.75, 3.05) is 29.9 Å². The van der Waals surface area contributed by atoms with Gasteiger partial charge in [-0.3, -0.25) is 4.79 Å². The standard InChI is InChI=1S/C19H19N3O3S2/c23-19(21-17-7-3-5-14-4-1-2-6-16(14)17)18-12-15(13-20-18)27(24,25)22-8-10-26-11-9-22/h1-7,12-13,20H,8-11H2,(H,21,23). The summed E-state index contributed by atoms with van der Waals surface area (Å²) in [7, 11) is -3.57. The van der Waals surface area contributed by atoms with Crippen molar-refractivity contribution in [3.05, 3.63) is 60.4 Å². The van der Waals surface area contributed by atoms with Gasteiger partial charge in [0, 0.05) is 41.9 Å². The van der Waals surface area contributed by atoms with E-state index in [0.29, 0.717) is 18.8 Å². The van der Waals surface area contributed by atoms with Crippen molar-refractivity contribution in [1.82, 2.24) is 9.29 Å². The molecule has 2 heterocycles. The van der Waals surface area contributed by atoms with Gasteiger partial charge in [-0.05, 0) is 17.5 Å². The van der Waals surface area contributed by atoms with E-state index >= 15 is 0 Å². The minimum absolute atomic E-state index is 0.123. The van der Waals surface area contributed by atoms with E-state index in [9.17, 15) is 13.2 Å². The summed E-state index contributed by atoms with van der Waals surface area (Å²) in [6.45, 7) is 0.991. The van der Waals surface area contributed by atoms with E-state index in [-0.39, 0.29) is 16.5 Å². The van der Waals surface area contributed by atoms with Gasteiger partial charge in [0.05, 0.1) is 0 Å². The topological polar surface area (TPSA) is 82.3 Å². The number of nitrogens with zero attached hydrogens (tertiary/aromatic N) is 1. The first-order chi connectivity index (χ1) is 13.1. The summed E-state index contributed by atoms with van der Waals surface area (Å²) in [5.74, 6) is 1.21. The Kier molecular flexibility index (Phi) is 4.94. The Bertz CT molecular complexity index is 1080. The number of amides is 1. The zero-order valence-electron chi connectivity index (χ0n) is 14.5. The van der Waals surface area contributed by atoms with Gasteiger partial charge in [-0.15, -0.1) is 0 Å². The van der Waals surface area contributed by atoms with Gasteiger partial charge >= 0.3 is 0 Å². The number of hydrogen-bond acceptors (Lipinski definition) is 4. The number of anilines is 1. The maximum atomic E-state index is 12.7. The molecule has 2 aromatic carbocycles. The molecule has 8 heteroatoms. The third-order valence-electron chi connectivity index (χ3n) is 4.55.